The minimum absolute atomic E-state index is 0.156. The first kappa shape index (κ1) is 17.3. The van der Waals surface area contributed by atoms with Crippen LogP contribution in [0.5, 0.6) is 0 Å². The zero-order chi connectivity index (χ0) is 18.5. The lowest BCUT2D eigenvalue weighted by atomic mass is 9.74. The van der Waals surface area contributed by atoms with E-state index in [-0.39, 0.29) is 18.6 Å². The largest absolute Gasteiger partial charge is 0.465 e. The Kier molecular flexibility index (Phi) is 3.99. The molecule has 1 aromatic carbocycles. The van der Waals surface area contributed by atoms with Crippen molar-refractivity contribution in [1.29, 1.82) is 0 Å². The molecule has 0 spiro atoms. The van der Waals surface area contributed by atoms with Crippen molar-refractivity contribution in [2.24, 2.45) is 5.73 Å². The van der Waals surface area contributed by atoms with Gasteiger partial charge in [0.2, 0.25) is 0 Å². The van der Waals surface area contributed by atoms with Crippen LogP contribution in [0.2, 0.25) is 0 Å². The lowest BCUT2D eigenvalue weighted by molar-refractivity contribution is -0.152. The van der Waals surface area contributed by atoms with Crippen LogP contribution in [0, 0.1) is 0 Å². The number of nitrogens with two attached hydrogens (primary N) is 1. The summed E-state index contributed by atoms with van der Waals surface area (Å²) in [6, 6.07) is 7.79. The molecule has 6 nitrogen and oxygen atoms in total. The summed E-state index contributed by atoms with van der Waals surface area (Å²) in [6.07, 6.45) is 5.39. The number of likely N-dealkylation sites (N-methyl/N-ethyl adjacent to an activating group) is 1. The maximum atomic E-state index is 13.6. The minimum atomic E-state index is -1.43. The van der Waals surface area contributed by atoms with E-state index < -0.39 is 17.0 Å². The van der Waals surface area contributed by atoms with Crippen LogP contribution in [0.3, 0.4) is 0 Å². The molecule has 26 heavy (non-hydrogen) atoms. The molecule has 140 valence electrons. The topological polar surface area (TPSA) is 75.9 Å². The summed E-state index contributed by atoms with van der Waals surface area (Å²) in [6.45, 7) is 2.35. The van der Waals surface area contributed by atoms with Gasteiger partial charge in [0.25, 0.3) is 5.91 Å². The average molecular weight is 357 g/mol. The quantitative estimate of drug-likeness (QED) is 0.835. The normalized spacial score (nSPS) is 31.1. The molecule has 2 fully saturated rings. The number of nitrogens with zero attached hydrogens (tertiary/aromatic N) is 2. The monoisotopic (exact) mass is 357 g/mol. The van der Waals surface area contributed by atoms with Crippen LogP contribution in [0.25, 0.3) is 0 Å². The van der Waals surface area contributed by atoms with Gasteiger partial charge < -0.3 is 14.5 Å². The van der Waals surface area contributed by atoms with Crippen LogP contribution in [-0.4, -0.2) is 48.7 Å². The molecule has 2 aliphatic heterocycles. The highest BCUT2D eigenvalue weighted by atomic mass is 16.5. The van der Waals surface area contributed by atoms with Gasteiger partial charge in [-0.05, 0) is 31.4 Å². The molecular weight excluding hydrogens is 330 g/mol. The molecule has 0 aromatic heterocycles. The van der Waals surface area contributed by atoms with Crippen LogP contribution in [0.15, 0.2) is 24.3 Å². The average Bonchev–Trinajstić information content (AvgIpc) is 3.02. The number of anilines is 1. The van der Waals surface area contributed by atoms with E-state index in [9.17, 15) is 9.59 Å². The fraction of sp³-hybridized carbons (Fsp3) is 0.600. The SMILES string of the molecule is CCOC(=O)[C@]12CN(C3CCCCC3)C(=O)[C@]1(N)N(C)c1ccccc12. The van der Waals surface area contributed by atoms with E-state index in [2.05, 4.69) is 0 Å². The minimum Gasteiger partial charge on any atom is -0.465 e. The van der Waals surface area contributed by atoms with Crippen molar-refractivity contribution in [3.8, 4) is 0 Å². The third-order valence-electron chi connectivity index (χ3n) is 6.54. The van der Waals surface area contributed by atoms with Crippen molar-refractivity contribution in [1.82, 2.24) is 4.90 Å². The molecule has 1 saturated heterocycles. The van der Waals surface area contributed by atoms with Gasteiger partial charge in [-0.15, -0.1) is 0 Å². The number of fused-ring (bicyclic) bond motifs is 3. The summed E-state index contributed by atoms with van der Waals surface area (Å²) in [5.41, 5.74) is 5.83. The zero-order valence-corrected chi connectivity index (χ0v) is 15.5. The van der Waals surface area contributed by atoms with Crippen LogP contribution < -0.4 is 10.6 Å². The molecule has 0 bridgehead atoms. The highest BCUT2D eigenvalue weighted by Gasteiger charge is 2.74. The van der Waals surface area contributed by atoms with Gasteiger partial charge in [-0.1, -0.05) is 37.5 Å². The van der Waals surface area contributed by atoms with E-state index >= 15 is 0 Å². The molecule has 2 heterocycles. The summed E-state index contributed by atoms with van der Waals surface area (Å²) in [5, 5.41) is 0. The Morgan fingerprint density at radius 1 is 1.27 bits per heavy atom. The van der Waals surface area contributed by atoms with E-state index in [1.807, 2.05) is 36.2 Å². The molecule has 1 amide bonds. The van der Waals surface area contributed by atoms with Crippen LogP contribution in [0.4, 0.5) is 5.69 Å². The third kappa shape index (κ3) is 1.96. The van der Waals surface area contributed by atoms with E-state index in [1.54, 1.807) is 11.8 Å². The van der Waals surface area contributed by atoms with Gasteiger partial charge in [-0.3, -0.25) is 15.3 Å². The van der Waals surface area contributed by atoms with E-state index in [1.165, 1.54) is 6.42 Å². The molecule has 1 aromatic rings. The number of hydrogen-bond acceptors (Lipinski definition) is 5. The standard InChI is InChI=1S/C20H27N3O3/c1-3-26-18(25)19-13-23(14-9-5-4-6-10-14)17(24)20(19,21)22(2)16-12-8-7-11-15(16)19/h7-8,11-12,14H,3-6,9-10,13,21H2,1-2H3/t19-,20+/m1/s1. The van der Waals surface area contributed by atoms with Gasteiger partial charge in [0.1, 0.15) is 0 Å². The number of carbonyl (C=O) groups is 2. The Balaban J connectivity index is 1.86. The molecule has 6 heteroatoms. The molecule has 0 unspecified atom stereocenters. The number of carbonyl (C=O) groups excluding carboxylic acids is 2. The van der Waals surface area contributed by atoms with Gasteiger partial charge in [-0.2, -0.15) is 0 Å². The first-order chi connectivity index (χ1) is 12.5. The fourth-order valence-electron chi connectivity index (χ4n) is 5.16. The van der Waals surface area contributed by atoms with Gasteiger partial charge in [-0.25, -0.2) is 0 Å². The Morgan fingerprint density at radius 3 is 2.65 bits per heavy atom. The van der Waals surface area contributed by atoms with Gasteiger partial charge >= 0.3 is 5.97 Å². The molecular formula is C20H27N3O3. The predicted octanol–water partition coefficient (Wildman–Crippen LogP) is 1.77. The number of benzene rings is 1. The second-order valence-corrected chi connectivity index (χ2v) is 7.69. The number of para-hydroxylation sites is 1. The first-order valence-electron chi connectivity index (χ1n) is 9.59. The molecule has 3 aliphatic rings. The summed E-state index contributed by atoms with van der Waals surface area (Å²) < 4.78 is 5.46. The highest BCUT2D eigenvalue weighted by Crippen LogP contribution is 2.54. The molecule has 1 saturated carbocycles. The number of amides is 1. The second kappa shape index (κ2) is 5.98. The van der Waals surface area contributed by atoms with Crippen molar-refractivity contribution in [2.75, 3.05) is 25.1 Å². The van der Waals surface area contributed by atoms with Gasteiger partial charge in [0.15, 0.2) is 11.1 Å². The summed E-state index contributed by atoms with van der Waals surface area (Å²) >= 11 is 0. The lowest BCUT2D eigenvalue weighted by Crippen LogP contribution is -2.68. The number of likely N-dealkylation sites (tertiary alicyclic amines) is 1. The van der Waals surface area contributed by atoms with Crippen LogP contribution in [0.1, 0.15) is 44.6 Å². The predicted molar refractivity (Wildman–Crippen MR) is 98.7 cm³/mol. The maximum absolute atomic E-state index is 13.6. The Morgan fingerprint density at radius 2 is 1.96 bits per heavy atom. The van der Waals surface area contributed by atoms with Gasteiger partial charge in [0.05, 0.1) is 6.61 Å². The number of rotatable bonds is 3. The molecule has 0 radical (unpaired) electrons. The summed E-state index contributed by atoms with van der Waals surface area (Å²) in [7, 11) is 1.81. The number of hydrogen-bond donors (Lipinski definition) is 1. The summed E-state index contributed by atoms with van der Waals surface area (Å²) in [4.78, 5) is 30.4. The molecule has 4 rings (SSSR count). The zero-order valence-electron chi connectivity index (χ0n) is 15.5. The fourth-order valence-corrected chi connectivity index (χ4v) is 5.16. The second-order valence-electron chi connectivity index (χ2n) is 7.69. The lowest BCUT2D eigenvalue weighted by Gasteiger charge is -2.37. The highest BCUT2D eigenvalue weighted by molar-refractivity contribution is 6.07. The Hall–Kier alpha value is -2.08. The van der Waals surface area contributed by atoms with E-state index in [4.69, 9.17) is 10.5 Å². The molecule has 2 N–H and O–H groups in total. The van der Waals surface area contributed by atoms with E-state index in [0.29, 0.717) is 6.54 Å². The smallest absolute Gasteiger partial charge is 0.322 e. The van der Waals surface area contributed by atoms with Crippen molar-refractivity contribution < 1.29 is 14.3 Å². The molecule has 1 aliphatic carbocycles. The number of esters is 1. The Labute approximate surface area is 154 Å². The maximum Gasteiger partial charge on any atom is 0.322 e. The Bertz CT molecular complexity index is 746. The van der Waals surface area contributed by atoms with Crippen LogP contribution >= 0.6 is 0 Å². The van der Waals surface area contributed by atoms with Crippen LogP contribution in [-0.2, 0) is 19.7 Å². The van der Waals surface area contributed by atoms with Gasteiger partial charge in [0, 0.05) is 25.3 Å². The van der Waals surface area contributed by atoms with Crippen molar-refractivity contribution >= 4 is 17.6 Å². The van der Waals surface area contributed by atoms with Crippen molar-refractivity contribution in [2.45, 2.75) is 56.1 Å². The molecule has 2 atom stereocenters. The van der Waals surface area contributed by atoms with Crippen molar-refractivity contribution in [3.05, 3.63) is 29.8 Å². The summed E-state index contributed by atoms with van der Waals surface area (Å²) in [5.74, 6) is -0.554. The first-order valence-corrected chi connectivity index (χ1v) is 9.59. The van der Waals surface area contributed by atoms with E-state index in [0.717, 1.165) is 36.9 Å². The third-order valence-corrected chi connectivity index (χ3v) is 6.54. The van der Waals surface area contributed by atoms with Crippen molar-refractivity contribution in [3.63, 3.8) is 0 Å². The number of ether oxygens (including phenoxy) is 1.